The largest absolute Gasteiger partial charge is 0.265 e. The normalized spacial score (nSPS) is 11.2. The van der Waals surface area contributed by atoms with Gasteiger partial charge in [-0.15, -0.1) is 0 Å². The summed E-state index contributed by atoms with van der Waals surface area (Å²) in [6.07, 6.45) is 35.5. The lowest BCUT2D eigenvalue weighted by atomic mass is 10.2. The summed E-state index contributed by atoms with van der Waals surface area (Å²) < 4.78 is 0. The Hall–Kier alpha value is -18.3. The number of aromatic nitrogens is 18. The van der Waals surface area contributed by atoms with E-state index in [-0.39, 0.29) is 0 Å². The molecule has 142 heavy (non-hydrogen) atoms. The van der Waals surface area contributed by atoms with Gasteiger partial charge >= 0.3 is 0 Å². The van der Waals surface area contributed by atoms with E-state index in [1.54, 1.807) is 118 Å². The molecule has 0 spiro atoms. The molecule has 0 aliphatic heterocycles. The Morgan fingerprint density at radius 2 is 0.261 bits per heavy atom. The number of rotatable bonds is 23. The van der Waals surface area contributed by atoms with E-state index in [0.717, 1.165) is 137 Å². The van der Waals surface area contributed by atoms with Crippen molar-refractivity contribution in [2.24, 2.45) is 0 Å². The first-order valence-electron chi connectivity index (χ1n) is 46.6. The summed E-state index contributed by atoms with van der Waals surface area (Å²) in [7, 11) is -12.1. The molecule has 0 atom stereocenters. The van der Waals surface area contributed by atoms with Gasteiger partial charge in [0, 0.05) is 152 Å². The molecule has 0 bridgehead atoms. The van der Waals surface area contributed by atoms with Gasteiger partial charge in [-0.3, -0.25) is 89.7 Å². The van der Waals surface area contributed by atoms with Gasteiger partial charge in [0.25, 0.3) is 0 Å². The minimum Gasteiger partial charge on any atom is -0.265 e. The van der Waals surface area contributed by atoms with Gasteiger partial charge in [0.1, 0.15) is 11.4 Å². The van der Waals surface area contributed by atoms with Crippen molar-refractivity contribution in [2.45, 2.75) is 0 Å². The summed E-state index contributed by atoms with van der Waals surface area (Å²) >= 11 is 0. The maximum Gasteiger partial charge on any atom is 0.229 e. The van der Waals surface area contributed by atoms with Gasteiger partial charge in [0.05, 0.1) is 77.1 Å². The van der Waals surface area contributed by atoms with E-state index in [1.807, 2.05) is 134 Å². The number of pyridine rings is 4. The summed E-state index contributed by atoms with van der Waals surface area (Å²) in [6.45, 7) is 0. The first-order chi connectivity index (χ1) is 70.6. The molecule has 676 valence electrons. The zero-order valence-electron chi connectivity index (χ0n) is 77.0. The van der Waals surface area contributed by atoms with Crippen molar-refractivity contribution in [2.75, 3.05) is 0 Å². The van der Waals surface area contributed by atoms with Crippen LogP contribution in [0.25, 0.3) is 79.1 Å². The van der Waals surface area contributed by atoms with E-state index in [1.165, 1.54) is 25.9 Å². The SMILES string of the molecule is c1ccc(-c2nccnc2[Si](c2ccccc2)(c2ccccc2)c2ccccc2)cc1.c1ccc(-c2nccnc2[Si](c2ccccc2)(c2ccccc2)c2nccnc2-c2ccccc2)cc1.c1ccc([Si](c2ccccc2)(c2nccnc2-c2ccccn2)c2nccnc2-c2ccccn2)cc1.c1ccc([Si](c2ccccc2)(c2nccnc2-c2ccncc2)c2nccnc2-c2ccncc2)cc1. The highest BCUT2D eigenvalue weighted by molar-refractivity contribution is 7.22. The third-order valence-electron chi connectivity index (χ3n) is 25.1. The minimum absolute atomic E-state index is 0.736. The van der Waals surface area contributed by atoms with Crippen LogP contribution in [0.4, 0.5) is 0 Å². The van der Waals surface area contributed by atoms with E-state index >= 15 is 0 Å². The maximum atomic E-state index is 5.12. The molecule has 0 aliphatic carbocycles. The summed E-state index contributed by atoms with van der Waals surface area (Å²) in [5.74, 6) is 0. The zero-order chi connectivity index (χ0) is 95.7. The molecule has 22 heteroatoms. The molecule has 11 aromatic heterocycles. The van der Waals surface area contributed by atoms with Gasteiger partial charge in [-0.25, -0.2) is 0 Å². The molecule has 0 radical (unpaired) electrons. The van der Waals surface area contributed by atoms with Crippen molar-refractivity contribution in [3.8, 4) is 79.1 Å². The standard InChI is InChI=1S/C32H24N4Si.2C30H22N6Si.C28H22N2Si/c1-5-13-25(14-6-1)29-31(35-23-21-33-29)37(27-17-9-3-10-18-27,28-19-11-4-12-20-28)32-30(34-22-24-36-32)26-15-7-2-8-16-26;1-3-11-23(12-4-1)37(24-13-5-2-6-14-24,29-27(33-19-21-35-29)25-15-7-9-17-31-25)30-28(34-20-22-36-30)26-16-8-10-18-32-26;1-3-7-25(8-4-1)37(26-9-5-2-6-10-26,29-27(33-19-21-35-29)23-11-15-31-16-12-23)30-28(34-20-22-36-30)24-13-17-32-18-14-24;1-5-13-23(14-6-1)27-28(30-22-21-29-27)31(24-15-7-2-8-16-24,25-17-9-3-10-18-25)26-19-11-4-12-20-26/h1-24H;2*1-22H;1-22H. The molecule has 0 aliphatic rings. The van der Waals surface area contributed by atoms with Crippen molar-refractivity contribution >= 4 is 116 Å². The Morgan fingerprint density at radius 3 is 0.458 bits per heavy atom. The fourth-order valence-corrected chi connectivity index (χ4v) is 37.9. The molecule has 0 saturated carbocycles. The molecule has 11 heterocycles. The fourth-order valence-electron chi connectivity index (χ4n) is 19.1. The summed E-state index contributed by atoms with van der Waals surface area (Å²) in [5, 5.41) is 17.2. The average molecular weight is 1900 g/mol. The van der Waals surface area contributed by atoms with Crippen molar-refractivity contribution in [3.05, 3.63) is 549 Å². The predicted octanol–water partition coefficient (Wildman–Crippen LogP) is 13.0. The Balaban J connectivity index is 0.000000116. The predicted molar refractivity (Wildman–Crippen MR) is 579 cm³/mol. The second-order valence-corrected chi connectivity index (χ2v) is 47.6. The lowest BCUT2D eigenvalue weighted by Gasteiger charge is -2.34. The van der Waals surface area contributed by atoms with E-state index in [9.17, 15) is 0 Å². The van der Waals surface area contributed by atoms with Crippen LogP contribution in [0.1, 0.15) is 0 Å². The molecule has 0 saturated heterocycles. The fraction of sp³-hybridized carbons (Fsp3) is 0. The maximum absolute atomic E-state index is 5.12. The Kier molecular flexibility index (Phi) is 28.2. The summed E-state index contributed by atoms with van der Waals surface area (Å²) in [6, 6.07) is 146. The van der Waals surface area contributed by atoms with Gasteiger partial charge in [0.2, 0.25) is 32.3 Å². The number of nitrogens with zero attached hydrogens (tertiary/aromatic N) is 18. The topological polar surface area (TPSA) is 232 Å². The second kappa shape index (κ2) is 43.8. The quantitative estimate of drug-likeness (QED) is 0.0428. The van der Waals surface area contributed by atoms with Crippen LogP contribution in [0.5, 0.6) is 0 Å². The Labute approximate surface area is 827 Å². The van der Waals surface area contributed by atoms with E-state index in [0.29, 0.717) is 0 Å². The lowest BCUT2D eigenvalue weighted by molar-refractivity contribution is 1.19. The van der Waals surface area contributed by atoms with Crippen LogP contribution in [0.2, 0.25) is 0 Å². The highest BCUT2D eigenvalue weighted by Crippen LogP contribution is 2.28. The number of hydrogen-bond acceptors (Lipinski definition) is 18. The molecule has 0 amide bonds. The molecular formula is C120H90N18Si4. The van der Waals surface area contributed by atoms with E-state index in [2.05, 4.69) is 317 Å². The molecule has 12 aromatic carbocycles. The molecule has 0 N–H and O–H groups in total. The van der Waals surface area contributed by atoms with Crippen molar-refractivity contribution in [1.82, 2.24) is 89.7 Å². The van der Waals surface area contributed by atoms with E-state index < -0.39 is 32.3 Å². The average Bonchev–Trinajstić information content (AvgIpc) is 0.733. The molecular weight excluding hydrogens is 1810 g/mol. The molecule has 0 fully saturated rings. The zero-order valence-corrected chi connectivity index (χ0v) is 81.0. The van der Waals surface area contributed by atoms with Crippen LogP contribution in [0.15, 0.2) is 549 Å². The van der Waals surface area contributed by atoms with E-state index in [4.69, 9.17) is 69.8 Å². The molecule has 23 aromatic rings. The molecule has 18 nitrogen and oxygen atoms in total. The van der Waals surface area contributed by atoms with Gasteiger partial charge in [0.15, 0.2) is 0 Å². The highest BCUT2D eigenvalue weighted by Gasteiger charge is 2.53. The molecule has 23 rings (SSSR count). The number of hydrogen-bond donors (Lipinski definition) is 0. The Morgan fingerprint density at radius 1 is 0.106 bits per heavy atom. The lowest BCUT2D eigenvalue weighted by Crippen LogP contribution is -2.77. The van der Waals surface area contributed by atoms with Gasteiger partial charge < -0.3 is 0 Å². The number of benzene rings is 12. The van der Waals surface area contributed by atoms with Crippen LogP contribution < -0.4 is 83.9 Å². The van der Waals surface area contributed by atoms with Gasteiger partial charge in [-0.05, 0) is 95.2 Å². The first kappa shape index (κ1) is 91.4. The first-order valence-corrected chi connectivity index (χ1v) is 54.6. The van der Waals surface area contributed by atoms with Crippen LogP contribution in [-0.2, 0) is 0 Å². The van der Waals surface area contributed by atoms with Crippen molar-refractivity contribution in [3.63, 3.8) is 0 Å². The third-order valence-corrected chi connectivity index (χ3v) is 43.4. The minimum atomic E-state index is -3.18. The summed E-state index contributed by atoms with van der Waals surface area (Å²) in [5.41, 5.74) is 12.4. The summed E-state index contributed by atoms with van der Waals surface area (Å²) in [4.78, 5) is 87.5. The van der Waals surface area contributed by atoms with Crippen LogP contribution in [-0.4, -0.2) is 122 Å². The van der Waals surface area contributed by atoms with Gasteiger partial charge in [-0.1, -0.05) is 376 Å². The van der Waals surface area contributed by atoms with Crippen LogP contribution in [0.3, 0.4) is 0 Å². The Bertz CT molecular complexity index is 6940. The van der Waals surface area contributed by atoms with Gasteiger partial charge in [-0.2, -0.15) is 0 Å². The van der Waals surface area contributed by atoms with Crippen LogP contribution in [0, 0.1) is 0 Å². The smallest absolute Gasteiger partial charge is 0.229 e. The second-order valence-electron chi connectivity index (χ2n) is 33.1. The van der Waals surface area contributed by atoms with Crippen molar-refractivity contribution < 1.29 is 0 Å². The van der Waals surface area contributed by atoms with Crippen LogP contribution >= 0.6 is 0 Å². The molecule has 0 unspecified atom stereocenters. The monoisotopic (exact) mass is 1890 g/mol. The third kappa shape index (κ3) is 18.4. The highest BCUT2D eigenvalue weighted by atomic mass is 28.3. The van der Waals surface area contributed by atoms with Crippen molar-refractivity contribution in [1.29, 1.82) is 0 Å².